The van der Waals surface area contributed by atoms with Gasteiger partial charge in [0.25, 0.3) is 5.91 Å². The van der Waals surface area contributed by atoms with Crippen LogP contribution in [0.5, 0.6) is 0 Å². The van der Waals surface area contributed by atoms with Crippen LogP contribution in [0, 0.1) is 5.92 Å². The Bertz CT molecular complexity index is 625. The molecule has 1 aliphatic heterocycles. The first-order valence-corrected chi connectivity index (χ1v) is 8.99. The summed E-state index contributed by atoms with van der Waals surface area (Å²) in [6.45, 7) is 8.05. The maximum Gasteiger partial charge on any atom is 0.330 e. The van der Waals surface area contributed by atoms with E-state index in [1.165, 1.54) is 6.08 Å². The molecular weight excluding hydrogens is 332 g/mol. The highest BCUT2D eigenvalue weighted by Crippen LogP contribution is 2.09. The van der Waals surface area contributed by atoms with Crippen molar-refractivity contribution in [1.29, 1.82) is 0 Å². The summed E-state index contributed by atoms with van der Waals surface area (Å²) in [5.74, 6) is 0.0675. The van der Waals surface area contributed by atoms with Crippen molar-refractivity contribution in [2.75, 3.05) is 39.9 Å². The van der Waals surface area contributed by atoms with Gasteiger partial charge in [0, 0.05) is 38.3 Å². The predicted molar refractivity (Wildman–Crippen MR) is 101 cm³/mol. The van der Waals surface area contributed by atoms with Crippen molar-refractivity contribution in [2.45, 2.75) is 20.0 Å². The normalized spacial score (nSPS) is 18.2. The summed E-state index contributed by atoms with van der Waals surface area (Å²) in [7, 11) is 1.59. The summed E-state index contributed by atoms with van der Waals surface area (Å²) < 4.78 is 11.0. The highest BCUT2D eigenvalue weighted by molar-refractivity contribution is 5.94. The first kappa shape index (κ1) is 20.1. The Morgan fingerprint density at radius 2 is 2.08 bits per heavy atom. The number of morpholine rings is 1. The second kappa shape index (κ2) is 10.1. The highest BCUT2D eigenvalue weighted by atomic mass is 16.6. The van der Waals surface area contributed by atoms with E-state index in [-0.39, 0.29) is 18.6 Å². The minimum atomic E-state index is -0.398. The molecule has 2 rings (SSSR count). The van der Waals surface area contributed by atoms with Gasteiger partial charge in [0.05, 0.1) is 6.61 Å². The molecule has 1 N–H and O–H groups in total. The Kier molecular flexibility index (Phi) is 7.81. The molecular formula is C20H28N2O4. The third-order valence-corrected chi connectivity index (χ3v) is 4.07. The van der Waals surface area contributed by atoms with Crippen LogP contribution in [0.15, 0.2) is 30.3 Å². The Morgan fingerprint density at radius 1 is 1.35 bits per heavy atom. The third-order valence-electron chi connectivity index (χ3n) is 4.07. The van der Waals surface area contributed by atoms with Crippen molar-refractivity contribution in [1.82, 2.24) is 10.2 Å². The van der Waals surface area contributed by atoms with Crippen LogP contribution >= 0.6 is 0 Å². The first-order valence-electron chi connectivity index (χ1n) is 8.99. The summed E-state index contributed by atoms with van der Waals surface area (Å²) in [4.78, 5) is 25.7. The zero-order valence-corrected chi connectivity index (χ0v) is 15.7. The summed E-state index contributed by atoms with van der Waals surface area (Å²) in [6, 6.07) is 6.98. The molecule has 1 fully saturated rings. The molecule has 0 bridgehead atoms. The molecule has 0 aliphatic carbocycles. The molecule has 1 unspecified atom stereocenters. The average molecular weight is 360 g/mol. The molecule has 142 valence electrons. The molecule has 0 radical (unpaired) electrons. The van der Waals surface area contributed by atoms with E-state index in [1.54, 1.807) is 37.4 Å². The van der Waals surface area contributed by atoms with Gasteiger partial charge in [-0.1, -0.05) is 26.0 Å². The molecule has 1 aromatic carbocycles. The number of esters is 1. The van der Waals surface area contributed by atoms with E-state index in [2.05, 4.69) is 24.1 Å². The minimum Gasteiger partial charge on any atom is -0.460 e. The van der Waals surface area contributed by atoms with Crippen molar-refractivity contribution in [3.8, 4) is 0 Å². The van der Waals surface area contributed by atoms with Gasteiger partial charge < -0.3 is 14.8 Å². The molecule has 1 heterocycles. The van der Waals surface area contributed by atoms with Crippen molar-refractivity contribution in [3.63, 3.8) is 0 Å². The van der Waals surface area contributed by atoms with E-state index in [0.717, 1.165) is 25.2 Å². The number of hydrogen-bond acceptors (Lipinski definition) is 5. The number of hydrogen-bond donors (Lipinski definition) is 1. The molecule has 1 saturated heterocycles. The number of nitrogens with one attached hydrogen (secondary N) is 1. The highest BCUT2D eigenvalue weighted by Gasteiger charge is 2.21. The van der Waals surface area contributed by atoms with E-state index >= 15 is 0 Å². The lowest BCUT2D eigenvalue weighted by Crippen LogP contribution is -2.45. The van der Waals surface area contributed by atoms with Crippen molar-refractivity contribution in [2.24, 2.45) is 5.92 Å². The number of carbonyl (C=O) groups excluding carboxylic acids is 2. The molecule has 26 heavy (non-hydrogen) atoms. The van der Waals surface area contributed by atoms with Crippen LogP contribution in [0.1, 0.15) is 29.8 Å². The van der Waals surface area contributed by atoms with Gasteiger partial charge in [-0.15, -0.1) is 0 Å². The van der Waals surface area contributed by atoms with Gasteiger partial charge >= 0.3 is 5.97 Å². The average Bonchev–Trinajstić information content (AvgIpc) is 2.64. The Balaban J connectivity index is 1.77. The molecule has 1 atom stereocenters. The van der Waals surface area contributed by atoms with Crippen molar-refractivity contribution < 1.29 is 19.1 Å². The van der Waals surface area contributed by atoms with Crippen LogP contribution in [-0.4, -0.2) is 62.8 Å². The molecule has 0 aromatic heterocycles. The summed E-state index contributed by atoms with van der Waals surface area (Å²) in [6.07, 6.45) is 2.98. The van der Waals surface area contributed by atoms with Crippen LogP contribution in [-0.2, 0) is 14.3 Å². The van der Waals surface area contributed by atoms with E-state index < -0.39 is 5.97 Å². The fraction of sp³-hybridized carbons (Fsp3) is 0.500. The van der Waals surface area contributed by atoms with Gasteiger partial charge in [-0.3, -0.25) is 9.69 Å². The minimum absolute atomic E-state index is 0.0771. The van der Waals surface area contributed by atoms with Gasteiger partial charge in [0.2, 0.25) is 0 Å². The number of amides is 1. The van der Waals surface area contributed by atoms with E-state index in [1.807, 2.05) is 0 Å². The van der Waals surface area contributed by atoms with Crippen molar-refractivity contribution >= 4 is 18.0 Å². The number of ether oxygens (including phenoxy) is 2. The smallest absolute Gasteiger partial charge is 0.330 e. The lowest BCUT2D eigenvalue weighted by molar-refractivity contribution is -0.144. The maximum atomic E-state index is 11.9. The SMILES string of the molecule is CNC(=O)c1ccc(/C=C/C(=O)OCC2CN(CC(C)C)CCO2)cc1. The topological polar surface area (TPSA) is 67.9 Å². The van der Waals surface area contributed by atoms with Gasteiger partial charge in [-0.2, -0.15) is 0 Å². The lowest BCUT2D eigenvalue weighted by Gasteiger charge is -2.33. The van der Waals surface area contributed by atoms with Crippen LogP contribution in [0.25, 0.3) is 6.08 Å². The molecule has 1 amide bonds. The van der Waals surface area contributed by atoms with Gasteiger partial charge in [-0.25, -0.2) is 4.79 Å². The fourth-order valence-electron chi connectivity index (χ4n) is 2.84. The van der Waals surface area contributed by atoms with E-state index in [0.29, 0.717) is 18.1 Å². The van der Waals surface area contributed by atoms with Crippen LogP contribution < -0.4 is 5.32 Å². The van der Waals surface area contributed by atoms with Crippen LogP contribution in [0.2, 0.25) is 0 Å². The third kappa shape index (κ3) is 6.61. The maximum absolute atomic E-state index is 11.9. The predicted octanol–water partition coefficient (Wildman–Crippen LogP) is 1.96. The summed E-state index contributed by atoms with van der Waals surface area (Å²) >= 11 is 0. The number of benzene rings is 1. The molecule has 6 heteroatoms. The second-order valence-corrected chi connectivity index (χ2v) is 6.81. The molecule has 6 nitrogen and oxygen atoms in total. The fourth-order valence-corrected chi connectivity index (χ4v) is 2.84. The largest absolute Gasteiger partial charge is 0.460 e. The Hall–Kier alpha value is -2.18. The quantitative estimate of drug-likeness (QED) is 0.595. The van der Waals surface area contributed by atoms with Gasteiger partial charge in [0.15, 0.2) is 0 Å². The van der Waals surface area contributed by atoms with Crippen molar-refractivity contribution in [3.05, 3.63) is 41.5 Å². The Labute approximate surface area is 155 Å². The number of carbonyl (C=O) groups is 2. The molecule has 0 saturated carbocycles. The number of nitrogens with zero attached hydrogens (tertiary/aromatic N) is 1. The van der Waals surface area contributed by atoms with E-state index in [4.69, 9.17) is 9.47 Å². The summed E-state index contributed by atoms with van der Waals surface area (Å²) in [5, 5.41) is 2.57. The molecule has 0 spiro atoms. The zero-order valence-electron chi connectivity index (χ0n) is 15.7. The van der Waals surface area contributed by atoms with Gasteiger partial charge in [0.1, 0.15) is 12.7 Å². The Morgan fingerprint density at radius 3 is 2.73 bits per heavy atom. The van der Waals surface area contributed by atoms with Gasteiger partial charge in [-0.05, 0) is 29.7 Å². The van der Waals surface area contributed by atoms with E-state index in [9.17, 15) is 9.59 Å². The number of rotatable bonds is 7. The standard InChI is InChI=1S/C20H28N2O4/c1-15(2)12-22-10-11-25-18(13-22)14-26-19(23)9-6-16-4-7-17(8-5-16)20(24)21-3/h4-9,15,18H,10-14H2,1-3H3,(H,21,24)/b9-6+. The first-order chi connectivity index (χ1) is 12.5. The molecule has 1 aromatic rings. The zero-order chi connectivity index (χ0) is 18.9. The van der Waals surface area contributed by atoms with Crippen LogP contribution in [0.4, 0.5) is 0 Å². The second-order valence-electron chi connectivity index (χ2n) is 6.81. The van der Waals surface area contributed by atoms with Crippen LogP contribution in [0.3, 0.4) is 0 Å². The monoisotopic (exact) mass is 360 g/mol. The summed E-state index contributed by atoms with van der Waals surface area (Å²) in [5.41, 5.74) is 1.40. The lowest BCUT2D eigenvalue weighted by atomic mass is 10.1. The molecule has 1 aliphatic rings.